The van der Waals surface area contributed by atoms with Gasteiger partial charge in [-0.1, -0.05) is 18.2 Å². The largest absolute Gasteiger partial charge is 0.508 e. The molecule has 0 unspecified atom stereocenters. The van der Waals surface area contributed by atoms with Gasteiger partial charge >= 0.3 is 11.9 Å². The molecule has 2 aliphatic rings. The van der Waals surface area contributed by atoms with Gasteiger partial charge in [-0.05, 0) is 24.6 Å². The summed E-state index contributed by atoms with van der Waals surface area (Å²) < 4.78 is 26.8. The van der Waals surface area contributed by atoms with Crippen LogP contribution in [0.5, 0.6) is 5.75 Å². The molecular weight excluding hydrogens is 492 g/mol. The standard InChI is InChI=1S/C25H32O12/c1-3-15-16(10-19(28)34-9-8-13-4-6-14(27)7-5-13)17(23(32)33-2)12-35-24(15)37-25-22(31)21(30)20(29)18(11-26)36-25/h3-7,12,16,18,20-22,24-27,29-31H,8-11H2,1-2H3/b15-3-/t16-,18+,20+,21-,22+,24+,25-/m0/s1. The third-order valence-corrected chi connectivity index (χ3v) is 6.19. The molecule has 1 fully saturated rings. The topological polar surface area (TPSA) is 181 Å². The Morgan fingerprint density at radius 1 is 1.08 bits per heavy atom. The lowest BCUT2D eigenvalue weighted by atomic mass is 9.86. The van der Waals surface area contributed by atoms with E-state index in [0.29, 0.717) is 12.0 Å². The Morgan fingerprint density at radius 3 is 2.41 bits per heavy atom. The minimum atomic E-state index is -1.67. The number of carbonyl (C=O) groups is 2. The summed E-state index contributed by atoms with van der Waals surface area (Å²) in [6.07, 6.45) is -6.02. The van der Waals surface area contributed by atoms with Crippen LogP contribution in [0.25, 0.3) is 0 Å². The van der Waals surface area contributed by atoms with Crippen molar-refractivity contribution >= 4 is 11.9 Å². The highest BCUT2D eigenvalue weighted by Crippen LogP contribution is 2.36. The summed E-state index contributed by atoms with van der Waals surface area (Å²) in [7, 11) is 1.18. The number of aromatic hydroxyl groups is 1. The molecule has 3 rings (SSSR count). The number of aliphatic hydroxyl groups excluding tert-OH is 4. The van der Waals surface area contributed by atoms with Crippen molar-refractivity contribution in [2.45, 2.75) is 56.8 Å². The summed E-state index contributed by atoms with van der Waals surface area (Å²) in [6, 6.07) is 6.47. The van der Waals surface area contributed by atoms with Gasteiger partial charge < -0.3 is 49.2 Å². The first kappa shape index (κ1) is 28.6. The van der Waals surface area contributed by atoms with Crippen molar-refractivity contribution in [2.24, 2.45) is 5.92 Å². The Kier molecular flexibility index (Phi) is 10.0. The highest BCUT2D eigenvalue weighted by Gasteiger charge is 2.46. The Hall–Kier alpha value is -3.00. The number of ether oxygens (including phenoxy) is 5. The molecule has 12 nitrogen and oxygen atoms in total. The van der Waals surface area contributed by atoms with E-state index in [0.717, 1.165) is 11.8 Å². The predicted molar refractivity (Wildman–Crippen MR) is 124 cm³/mol. The number of aliphatic hydroxyl groups is 4. The molecule has 0 aromatic heterocycles. The van der Waals surface area contributed by atoms with Crippen LogP contribution in [0.3, 0.4) is 0 Å². The number of hydrogen-bond donors (Lipinski definition) is 5. The molecule has 2 aliphatic heterocycles. The molecule has 1 aromatic rings. The summed E-state index contributed by atoms with van der Waals surface area (Å²) in [5.41, 5.74) is 1.23. The van der Waals surface area contributed by atoms with Crippen molar-refractivity contribution in [2.75, 3.05) is 20.3 Å². The lowest BCUT2D eigenvalue weighted by Crippen LogP contribution is -2.60. The molecule has 7 atom stereocenters. The van der Waals surface area contributed by atoms with Gasteiger partial charge in [0.05, 0.1) is 38.6 Å². The average Bonchev–Trinajstić information content (AvgIpc) is 2.89. The maximum Gasteiger partial charge on any atom is 0.337 e. The molecule has 37 heavy (non-hydrogen) atoms. The van der Waals surface area contributed by atoms with Crippen LogP contribution in [0.2, 0.25) is 0 Å². The second-order valence-corrected chi connectivity index (χ2v) is 8.55. The molecule has 204 valence electrons. The molecule has 1 aromatic carbocycles. The quantitative estimate of drug-likeness (QED) is 0.210. The fourth-order valence-electron chi connectivity index (χ4n) is 4.10. The van der Waals surface area contributed by atoms with Gasteiger partial charge in [0.15, 0.2) is 6.29 Å². The molecule has 0 aliphatic carbocycles. The van der Waals surface area contributed by atoms with E-state index < -0.39 is 61.5 Å². The van der Waals surface area contributed by atoms with Gasteiger partial charge in [0, 0.05) is 17.9 Å². The van der Waals surface area contributed by atoms with E-state index in [1.165, 1.54) is 19.2 Å². The second-order valence-electron chi connectivity index (χ2n) is 8.55. The maximum absolute atomic E-state index is 12.7. The monoisotopic (exact) mass is 524 g/mol. The zero-order valence-electron chi connectivity index (χ0n) is 20.4. The summed E-state index contributed by atoms with van der Waals surface area (Å²) in [5, 5.41) is 49.1. The van der Waals surface area contributed by atoms with E-state index in [2.05, 4.69) is 0 Å². The first-order valence-corrected chi connectivity index (χ1v) is 11.7. The lowest BCUT2D eigenvalue weighted by Gasteiger charge is -2.41. The highest BCUT2D eigenvalue weighted by molar-refractivity contribution is 5.90. The normalized spacial score (nSPS) is 30.8. The molecule has 12 heteroatoms. The summed E-state index contributed by atoms with van der Waals surface area (Å²) in [6.45, 7) is 1.06. The maximum atomic E-state index is 12.7. The fourth-order valence-corrected chi connectivity index (χ4v) is 4.10. The Bertz CT molecular complexity index is 986. The van der Waals surface area contributed by atoms with Crippen LogP contribution in [0.15, 0.2) is 47.7 Å². The number of rotatable bonds is 9. The number of hydrogen-bond acceptors (Lipinski definition) is 12. The van der Waals surface area contributed by atoms with Crippen LogP contribution in [-0.2, 0) is 39.7 Å². The van der Waals surface area contributed by atoms with Crippen LogP contribution in [0.4, 0.5) is 0 Å². The Balaban J connectivity index is 1.71. The number of benzene rings is 1. The van der Waals surface area contributed by atoms with E-state index in [4.69, 9.17) is 23.7 Å². The van der Waals surface area contributed by atoms with Gasteiger partial charge in [-0.3, -0.25) is 4.79 Å². The van der Waals surface area contributed by atoms with Crippen molar-refractivity contribution in [3.05, 3.63) is 53.3 Å². The summed E-state index contributed by atoms with van der Waals surface area (Å²) in [5.74, 6) is -2.07. The number of phenols is 1. The lowest BCUT2D eigenvalue weighted by molar-refractivity contribution is -0.327. The van der Waals surface area contributed by atoms with Crippen molar-refractivity contribution in [1.29, 1.82) is 0 Å². The number of allylic oxidation sites excluding steroid dienone is 1. The number of esters is 2. The molecular formula is C25H32O12. The van der Waals surface area contributed by atoms with Crippen molar-refractivity contribution < 1.29 is 58.8 Å². The van der Waals surface area contributed by atoms with Gasteiger partial charge in [-0.15, -0.1) is 0 Å². The molecule has 0 radical (unpaired) electrons. The second kappa shape index (κ2) is 13.0. The molecule has 0 saturated carbocycles. The van der Waals surface area contributed by atoms with E-state index >= 15 is 0 Å². The third kappa shape index (κ3) is 6.86. The van der Waals surface area contributed by atoms with Crippen LogP contribution < -0.4 is 0 Å². The van der Waals surface area contributed by atoms with Gasteiger partial charge in [0.1, 0.15) is 30.2 Å². The zero-order chi connectivity index (χ0) is 27.1. The zero-order valence-corrected chi connectivity index (χ0v) is 20.4. The van der Waals surface area contributed by atoms with Gasteiger partial charge in [-0.2, -0.15) is 0 Å². The van der Waals surface area contributed by atoms with Crippen LogP contribution in [0, 0.1) is 5.92 Å². The van der Waals surface area contributed by atoms with E-state index in [9.17, 15) is 35.1 Å². The molecule has 5 N–H and O–H groups in total. The van der Waals surface area contributed by atoms with Gasteiger partial charge in [-0.25, -0.2) is 4.79 Å². The Labute approximate surface area is 213 Å². The third-order valence-electron chi connectivity index (χ3n) is 6.19. The van der Waals surface area contributed by atoms with Crippen LogP contribution in [0.1, 0.15) is 18.9 Å². The van der Waals surface area contributed by atoms with Gasteiger partial charge in [0.2, 0.25) is 6.29 Å². The Morgan fingerprint density at radius 2 is 1.78 bits per heavy atom. The van der Waals surface area contributed by atoms with Gasteiger partial charge in [0.25, 0.3) is 0 Å². The average molecular weight is 525 g/mol. The first-order chi connectivity index (χ1) is 17.7. The van der Waals surface area contributed by atoms with E-state index in [1.54, 1.807) is 25.1 Å². The van der Waals surface area contributed by atoms with E-state index in [1.807, 2.05) is 0 Å². The SMILES string of the molecule is C/C=C1\[C@@H](O[C@@H]2O[C@H](CO)[C@@H](O)[C@H](O)[C@H]2O)OC=C(C(=O)OC)[C@H]1CC(=O)OCCc1ccc(O)cc1. The van der Waals surface area contributed by atoms with Crippen molar-refractivity contribution in [3.8, 4) is 5.75 Å². The first-order valence-electron chi connectivity index (χ1n) is 11.7. The van der Waals surface area contributed by atoms with Crippen molar-refractivity contribution in [1.82, 2.24) is 0 Å². The summed E-state index contributed by atoms with van der Waals surface area (Å²) in [4.78, 5) is 25.1. The minimum absolute atomic E-state index is 0.0414. The molecule has 0 amide bonds. The van der Waals surface area contributed by atoms with E-state index in [-0.39, 0.29) is 24.4 Å². The molecule has 0 spiro atoms. The number of phenolic OH excluding ortho intramolecular Hbond substituents is 1. The number of methoxy groups -OCH3 is 1. The van der Waals surface area contributed by atoms with Crippen molar-refractivity contribution in [3.63, 3.8) is 0 Å². The highest BCUT2D eigenvalue weighted by atomic mass is 16.8. The van der Waals surface area contributed by atoms with Crippen LogP contribution >= 0.6 is 0 Å². The predicted octanol–water partition coefficient (Wildman–Crippen LogP) is -0.340. The fraction of sp³-hybridized carbons (Fsp3) is 0.520. The summed E-state index contributed by atoms with van der Waals surface area (Å²) >= 11 is 0. The number of carbonyl (C=O) groups excluding carboxylic acids is 2. The minimum Gasteiger partial charge on any atom is -0.508 e. The van der Waals surface area contributed by atoms with Crippen LogP contribution in [-0.4, -0.2) is 94.8 Å². The smallest absolute Gasteiger partial charge is 0.337 e. The molecule has 2 heterocycles. The molecule has 0 bridgehead atoms. The molecule has 1 saturated heterocycles.